The van der Waals surface area contributed by atoms with Gasteiger partial charge in [0.05, 0.1) is 4.90 Å². The first-order valence-electron chi connectivity index (χ1n) is 11.2. The highest BCUT2D eigenvalue weighted by molar-refractivity contribution is 7.90. The smallest absolute Gasteiger partial charge is 0.268 e. The Morgan fingerprint density at radius 3 is 2.09 bits per heavy atom. The zero-order valence-electron chi connectivity index (χ0n) is 19.1. The van der Waals surface area contributed by atoms with Crippen LogP contribution in [0.1, 0.15) is 53.9 Å². The maximum absolute atomic E-state index is 13.5. The van der Waals surface area contributed by atoms with Crippen molar-refractivity contribution in [3.63, 3.8) is 0 Å². The van der Waals surface area contributed by atoms with Crippen LogP contribution in [0.15, 0.2) is 71.8 Å². The molecule has 0 aliphatic carbocycles. The summed E-state index contributed by atoms with van der Waals surface area (Å²) in [5.41, 5.74) is 2.44. The normalized spacial score (nSPS) is 11.8. The lowest BCUT2D eigenvalue weighted by atomic mass is 10.0. The Morgan fingerprint density at radius 1 is 0.875 bits per heavy atom. The molecule has 170 valence electrons. The third-order valence-electron chi connectivity index (χ3n) is 5.54. The maximum atomic E-state index is 13.5. The van der Waals surface area contributed by atoms with Crippen molar-refractivity contribution in [3.05, 3.63) is 89.2 Å². The third-order valence-corrected chi connectivity index (χ3v) is 7.23. The van der Waals surface area contributed by atoms with E-state index in [1.165, 1.54) is 6.20 Å². The highest BCUT2D eigenvalue weighted by Gasteiger charge is 2.27. The summed E-state index contributed by atoms with van der Waals surface area (Å²) in [7, 11) is -3.90. The zero-order chi connectivity index (χ0) is 23.1. The minimum Gasteiger partial charge on any atom is -0.303 e. The lowest BCUT2D eigenvalue weighted by molar-refractivity contribution is 0.103. The number of rotatable bonds is 11. The number of nitrogens with zero attached hydrogens (tertiary/aromatic N) is 2. The van der Waals surface area contributed by atoms with Gasteiger partial charge in [-0.2, -0.15) is 0 Å². The Kier molecular flexibility index (Phi) is 8.04. The summed E-state index contributed by atoms with van der Waals surface area (Å²) in [5, 5.41) is 0. The van der Waals surface area contributed by atoms with Gasteiger partial charge in [0.25, 0.3) is 10.0 Å². The molecule has 1 heterocycles. The molecule has 3 rings (SSSR count). The molecule has 0 atom stereocenters. The van der Waals surface area contributed by atoms with E-state index in [0.717, 1.165) is 47.6 Å². The predicted octanol–water partition coefficient (Wildman–Crippen LogP) is 4.93. The standard InChI is InChI=1S/C26H32N2O3S/c1-4-17-27(18-5-2)19-15-22-16-20-28(25(22)26(29)23-9-7-6-8-10-23)32(30,31)24-13-11-21(3)12-14-24/h6-14,16,20H,4-5,15,17-19H2,1-3H3. The van der Waals surface area contributed by atoms with Crippen LogP contribution in [0.4, 0.5) is 0 Å². The van der Waals surface area contributed by atoms with E-state index in [0.29, 0.717) is 12.0 Å². The summed E-state index contributed by atoms with van der Waals surface area (Å²) in [6.07, 6.45) is 4.24. The number of carbonyl (C=O) groups is 1. The van der Waals surface area contributed by atoms with Crippen LogP contribution < -0.4 is 0 Å². The van der Waals surface area contributed by atoms with Crippen LogP contribution >= 0.6 is 0 Å². The second kappa shape index (κ2) is 10.7. The SMILES string of the molecule is CCCN(CCC)CCc1ccn(S(=O)(=O)c2ccc(C)cc2)c1C(=O)c1ccccc1. The molecule has 3 aromatic rings. The molecule has 0 aliphatic heterocycles. The lowest BCUT2D eigenvalue weighted by Gasteiger charge is -2.21. The van der Waals surface area contributed by atoms with Gasteiger partial charge in [-0.15, -0.1) is 0 Å². The molecule has 2 aromatic carbocycles. The van der Waals surface area contributed by atoms with Crippen LogP contribution in [0.25, 0.3) is 0 Å². The number of aryl methyl sites for hydroxylation is 1. The van der Waals surface area contributed by atoms with Gasteiger partial charge >= 0.3 is 0 Å². The molecule has 0 N–H and O–H groups in total. The second-order valence-corrected chi connectivity index (χ2v) is 9.91. The van der Waals surface area contributed by atoms with E-state index in [1.54, 1.807) is 54.6 Å². The van der Waals surface area contributed by atoms with Gasteiger partial charge in [-0.3, -0.25) is 4.79 Å². The van der Waals surface area contributed by atoms with E-state index in [9.17, 15) is 13.2 Å². The highest BCUT2D eigenvalue weighted by Crippen LogP contribution is 2.24. The quantitative estimate of drug-likeness (QED) is 0.387. The van der Waals surface area contributed by atoms with Crippen molar-refractivity contribution in [2.45, 2.75) is 44.9 Å². The average molecular weight is 453 g/mol. The minimum absolute atomic E-state index is 0.172. The van der Waals surface area contributed by atoms with Gasteiger partial charge in [0.1, 0.15) is 5.69 Å². The molecule has 0 saturated heterocycles. The van der Waals surface area contributed by atoms with Crippen LogP contribution in [-0.2, 0) is 16.4 Å². The molecule has 0 spiro atoms. The Balaban J connectivity index is 2.04. The summed E-state index contributed by atoms with van der Waals surface area (Å²) in [4.78, 5) is 16.0. The fourth-order valence-corrected chi connectivity index (χ4v) is 5.27. The number of hydrogen-bond donors (Lipinski definition) is 0. The molecular formula is C26H32N2O3S. The van der Waals surface area contributed by atoms with Crippen molar-refractivity contribution in [3.8, 4) is 0 Å². The van der Waals surface area contributed by atoms with Crippen LogP contribution in [0, 0.1) is 6.92 Å². The molecular weight excluding hydrogens is 420 g/mol. The molecule has 5 nitrogen and oxygen atoms in total. The number of ketones is 1. The monoisotopic (exact) mass is 452 g/mol. The van der Waals surface area contributed by atoms with Gasteiger partial charge < -0.3 is 4.90 Å². The van der Waals surface area contributed by atoms with Crippen LogP contribution in [0.3, 0.4) is 0 Å². The van der Waals surface area contributed by atoms with Crippen molar-refractivity contribution >= 4 is 15.8 Å². The summed E-state index contributed by atoms with van der Waals surface area (Å²) in [5.74, 6) is -0.279. The van der Waals surface area contributed by atoms with Gasteiger partial charge in [-0.1, -0.05) is 61.9 Å². The Labute approximate surface area is 191 Å². The summed E-state index contributed by atoms with van der Waals surface area (Å²) >= 11 is 0. The fourth-order valence-electron chi connectivity index (χ4n) is 3.90. The number of aromatic nitrogens is 1. The first-order chi connectivity index (χ1) is 15.4. The van der Waals surface area contributed by atoms with Gasteiger partial charge in [0.2, 0.25) is 5.78 Å². The van der Waals surface area contributed by atoms with Crippen LogP contribution in [0.5, 0.6) is 0 Å². The summed E-state index contributed by atoms with van der Waals surface area (Å²) < 4.78 is 28.1. The number of benzene rings is 2. The molecule has 0 saturated carbocycles. The van der Waals surface area contributed by atoms with Crippen LogP contribution in [0.2, 0.25) is 0 Å². The summed E-state index contributed by atoms with van der Waals surface area (Å²) in [6.45, 7) is 8.96. The third kappa shape index (κ3) is 5.37. The molecule has 0 fully saturated rings. The molecule has 0 unspecified atom stereocenters. The Bertz CT molecular complexity index is 1130. The maximum Gasteiger partial charge on any atom is 0.268 e. The van der Waals surface area contributed by atoms with E-state index in [1.807, 2.05) is 13.0 Å². The molecule has 1 aromatic heterocycles. The molecule has 0 aliphatic rings. The molecule has 6 heteroatoms. The van der Waals surface area contributed by atoms with Gasteiger partial charge in [-0.25, -0.2) is 12.4 Å². The second-order valence-electron chi connectivity index (χ2n) is 8.09. The molecule has 0 amide bonds. The minimum atomic E-state index is -3.90. The van der Waals surface area contributed by atoms with E-state index in [4.69, 9.17) is 0 Å². The van der Waals surface area contributed by atoms with Crippen molar-refractivity contribution in [2.24, 2.45) is 0 Å². The number of hydrogen-bond acceptors (Lipinski definition) is 4. The van der Waals surface area contributed by atoms with Crippen molar-refractivity contribution < 1.29 is 13.2 Å². The molecule has 0 bridgehead atoms. The zero-order valence-corrected chi connectivity index (χ0v) is 19.9. The van der Waals surface area contributed by atoms with E-state index in [2.05, 4.69) is 18.7 Å². The lowest BCUT2D eigenvalue weighted by Crippen LogP contribution is -2.28. The average Bonchev–Trinajstić information content (AvgIpc) is 3.23. The fraction of sp³-hybridized carbons (Fsp3) is 0.346. The topological polar surface area (TPSA) is 59.4 Å². The van der Waals surface area contributed by atoms with Gasteiger partial charge in [0.15, 0.2) is 0 Å². The Morgan fingerprint density at radius 2 is 1.50 bits per heavy atom. The first kappa shape index (κ1) is 24.0. The Hall–Kier alpha value is -2.70. The molecule has 32 heavy (non-hydrogen) atoms. The summed E-state index contributed by atoms with van der Waals surface area (Å²) in [6, 6.07) is 17.4. The van der Waals surface area contributed by atoms with Crippen molar-refractivity contribution in [1.82, 2.24) is 8.87 Å². The number of carbonyl (C=O) groups excluding carboxylic acids is 1. The van der Waals surface area contributed by atoms with Crippen LogP contribution in [-0.4, -0.2) is 42.7 Å². The van der Waals surface area contributed by atoms with E-state index in [-0.39, 0.29) is 16.4 Å². The predicted molar refractivity (Wildman–Crippen MR) is 129 cm³/mol. The highest BCUT2D eigenvalue weighted by atomic mass is 32.2. The van der Waals surface area contributed by atoms with Gasteiger partial charge in [-0.05, 0) is 63.0 Å². The largest absolute Gasteiger partial charge is 0.303 e. The van der Waals surface area contributed by atoms with Gasteiger partial charge in [0, 0.05) is 18.3 Å². The van der Waals surface area contributed by atoms with E-state index < -0.39 is 10.0 Å². The van der Waals surface area contributed by atoms with E-state index >= 15 is 0 Å². The van der Waals surface area contributed by atoms with Crippen molar-refractivity contribution in [2.75, 3.05) is 19.6 Å². The first-order valence-corrected chi connectivity index (χ1v) is 12.7. The van der Waals surface area contributed by atoms with Crippen molar-refractivity contribution in [1.29, 1.82) is 0 Å². The molecule has 0 radical (unpaired) electrons.